The maximum absolute atomic E-state index is 14.9. The Bertz CT molecular complexity index is 4740. The van der Waals surface area contributed by atoms with E-state index >= 15 is 0 Å². The summed E-state index contributed by atoms with van der Waals surface area (Å²) in [5, 5.41) is 0. The first kappa shape index (κ1) is 61.7. The topological polar surface area (TPSA) is 123 Å². The largest absolute Gasteiger partial charge is 0.355 e. The minimum absolute atomic E-state index is 0.0851. The molecule has 93 heavy (non-hydrogen) atoms. The van der Waals surface area contributed by atoms with Crippen molar-refractivity contribution in [2.75, 3.05) is 0 Å². The van der Waals surface area contributed by atoms with Gasteiger partial charge in [0.2, 0.25) is 11.6 Å². The fourth-order valence-corrected chi connectivity index (χ4v) is 12.8. The van der Waals surface area contributed by atoms with Gasteiger partial charge in [-0.05, 0) is 183 Å². The van der Waals surface area contributed by atoms with Crippen LogP contribution in [-0.4, -0.2) is 41.5 Å². The molecule has 8 heteroatoms. The lowest BCUT2D eigenvalue weighted by Gasteiger charge is -2.26. The molecule has 7 heterocycles. The van der Waals surface area contributed by atoms with Crippen LogP contribution in [0.1, 0.15) is 194 Å². The minimum Gasteiger partial charge on any atom is -0.355 e. The molecule has 11 aromatic rings. The molecule has 0 saturated heterocycles. The average Bonchev–Trinajstić information content (AvgIpc) is 1.68. The van der Waals surface area contributed by atoms with Gasteiger partial charge in [-0.2, -0.15) is 0 Å². The lowest BCUT2D eigenvalue weighted by atomic mass is 9.79. The Morgan fingerprint density at radius 1 is 0.333 bits per heavy atom. The van der Waals surface area contributed by atoms with Gasteiger partial charge in [-0.25, -0.2) is 9.97 Å². The summed E-state index contributed by atoms with van der Waals surface area (Å²) >= 11 is 0. The van der Waals surface area contributed by atoms with Crippen molar-refractivity contribution in [1.82, 2.24) is 29.9 Å². The number of ketones is 2. The molecule has 4 N–H and O–H groups in total. The van der Waals surface area contributed by atoms with Crippen molar-refractivity contribution in [2.45, 2.75) is 125 Å². The van der Waals surface area contributed by atoms with E-state index in [2.05, 4.69) is 275 Å². The zero-order valence-electron chi connectivity index (χ0n) is 56.0. The summed E-state index contributed by atoms with van der Waals surface area (Å²) in [6.07, 6.45) is 8.54. The molecule has 2 aliphatic rings. The molecular weight excluding hydrogens is 1140 g/mol. The van der Waals surface area contributed by atoms with Crippen molar-refractivity contribution in [3.05, 3.63) is 284 Å². The standard InChI is InChI=1S/C85H82N6O2/c1-50-20-24-53(25-21-50)76-65-34-32-63(86-65)75(52-18-16-15-17-19-52)64-33-35-66(87-64)77(54-26-22-51(2)23-27-54)68-37-39-70(89-68)78(69-38-36-67(76)88-69)55-28-30-56(31-29-55)79(71-40-42-73(90-71)80(92)57-44-59(82(3,4)5)48-60(45-57)83(6,7)8)72-41-43-74(91-72)81(93)58-46-61(84(9,10)11)49-62(47-58)85(12,13)14/h15-49,79,86,89-91H,1-14H3. The van der Waals surface area contributed by atoms with Crippen LogP contribution in [-0.2, 0) is 21.7 Å². The number of aromatic amines is 4. The Kier molecular flexibility index (Phi) is 15.6. The average molecular weight is 1220 g/mol. The number of nitrogens with zero attached hydrogens (tertiary/aromatic N) is 2. The van der Waals surface area contributed by atoms with E-state index in [-0.39, 0.29) is 33.2 Å². The highest BCUT2D eigenvalue weighted by Gasteiger charge is 2.29. The summed E-state index contributed by atoms with van der Waals surface area (Å²) in [6, 6.07) is 65.7. The van der Waals surface area contributed by atoms with E-state index in [1.807, 2.05) is 54.6 Å². The van der Waals surface area contributed by atoms with Crippen molar-refractivity contribution in [3.63, 3.8) is 0 Å². The molecule has 8 nitrogen and oxygen atoms in total. The number of aromatic nitrogens is 6. The Labute approximate surface area is 547 Å². The highest BCUT2D eigenvalue weighted by Crippen LogP contribution is 2.42. The second-order valence-corrected chi connectivity index (χ2v) is 29.6. The van der Waals surface area contributed by atoms with Gasteiger partial charge >= 0.3 is 0 Å². The van der Waals surface area contributed by atoms with Crippen molar-refractivity contribution in [1.29, 1.82) is 0 Å². The van der Waals surface area contributed by atoms with Crippen molar-refractivity contribution in [2.24, 2.45) is 0 Å². The van der Waals surface area contributed by atoms with E-state index in [9.17, 15) is 9.59 Å². The van der Waals surface area contributed by atoms with Gasteiger partial charge in [-0.15, -0.1) is 0 Å². The molecule has 6 aromatic carbocycles. The van der Waals surface area contributed by atoms with E-state index in [0.717, 1.165) is 129 Å². The highest BCUT2D eigenvalue weighted by atomic mass is 16.1. The van der Waals surface area contributed by atoms with Crippen LogP contribution in [0.2, 0.25) is 0 Å². The van der Waals surface area contributed by atoms with Crippen molar-refractivity contribution >= 4 is 57.9 Å². The van der Waals surface area contributed by atoms with Crippen LogP contribution in [0.4, 0.5) is 0 Å². The molecule has 0 unspecified atom stereocenters. The monoisotopic (exact) mass is 1220 g/mol. The number of H-pyrrole nitrogens is 4. The fourth-order valence-electron chi connectivity index (χ4n) is 12.8. The number of benzene rings is 6. The number of nitrogens with one attached hydrogen (secondary N) is 4. The number of hydrogen-bond acceptors (Lipinski definition) is 4. The maximum Gasteiger partial charge on any atom is 0.209 e. The molecule has 0 atom stereocenters. The fraction of sp³-hybridized carbons (Fsp3) is 0.224. The van der Waals surface area contributed by atoms with Crippen LogP contribution < -0.4 is 0 Å². The third-order valence-corrected chi connectivity index (χ3v) is 18.4. The van der Waals surface area contributed by atoms with Crippen LogP contribution >= 0.6 is 0 Å². The van der Waals surface area contributed by atoms with Gasteiger partial charge in [0.25, 0.3) is 0 Å². The Morgan fingerprint density at radius 2 is 0.634 bits per heavy atom. The second kappa shape index (κ2) is 23.5. The normalized spacial score (nSPS) is 12.7. The van der Waals surface area contributed by atoms with Crippen LogP contribution in [0, 0.1) is 13.8 Å². The van der Waals surface area contributed by atoms with Crippen molar-refractivity contribution < 1.29 is 9.59 Å². The third-order valence-electron chi connectivity index (χ3n) is 18.4. The van der Waals surface area contributed by atoms with Gasteiger partial charge < -0.3 is 19.9 Å². The molecule has 0 radical (unpaired) electrons. The highest BCUT2D eigenvalue weighted by molar-refractivity contribution is 6.09. The molecular formula is C85H82N6O2. The van der Waals surface area contributed by atoms with E-state index < -0.39 is 5.92 Å². The molecule has 0 spiro atoms. The summed E-state index contributed by atoms with van der Waals surface area (Å²) in [7, 11) is 0. The molecule has 13 rings (SSSR count). The van der Waals surface area contributed by atoms with E-state index in [0.29, 0.717) is 22.5 Å². The lowest BCUT2D eigenvalue weighted by Crippen LogP contribution is -2.18. The molecule has 5 aromatic heterocycles. The lowest BCUT2D eigenvalue weighted by molar-refractivity contribution is 0.102. The number of fused-ring (bicyclic) bond motifs is 8. The summed E-state index contributed by atoms with van der Waals surface area (Å²) < 4.78 is 0. The summed E-state index contributed by atoms with van der Waals surface area (Å²) in [5.41, 5.74) is 25.8. The smallest absolute Gasteiger partial charge is 0.209 e. The minimum atomic E-state index is -0.451. The van der Waals surface area contributed by atoms with Gasteiger partial charge in [-0.3, -0.25) is 9.59 Å². The van der Waals surface area contributed by atoms with Gasteiger partial charge in [0.05, 0.1) is 40.1 Å². The summed E-state index contributed by atoms with van der Waals surface area (Å²) in [4.78, 5) is 56.1. The number of rotatable bonds is 11. The van der Waals surface area contributed by atoms with Crippen LogP contribution in [0.3, 0.4) is 0 Å². The van der Waals surface area contributed by atoms with Crippen LogP contribution in [0.15, 0.2) is 188 Å². The van der Waals surface area contributed by atoms with Crippen LogP contribution in [0.5, 0.6) is 0 Å². The van der Waals surface area contributed by atoms with E-state index in [4.69, 9.17) is 9.97 Å². The SMILES string of the molecule is Cc1ccc(-c2c3nc(c(-c4ccc(C(c5ccc(C(=O)c6cc(C(C)(C)C)cc(C(C)(C)C)c6)[nH]5)c5ccc(C(=O)c6cc(C(C)(C)C)cc(C(C)(C)C)c6)[nH]5)cc4)c4ccc([nH]4)c(-c4ccc(C)cc4)c4nc(c(-c5ccccc5)c5ccc2[nH]5)C=C4)C=C3)cc1. The number of carbonyl (C=O) groups is 2. The quantitative estimate of drug-likeness (QED) is 0.0963. The first-order valence-electron chi connectivity index (χ1n) is 32.5. The second-order valence-electron chi connectivity index (χ2n) is 29.6. The molecule has 0 saturated carbocycles. The maximum atomic E-state index is 14.9. The first-order chi connectivity index (χ1) is 44.2. The molecule has 464 valence electrons. The molecule has 0 amide bonds. The number of aryl methyl sites for hydroxylation is 2. The zero-order chi connectivity index (χ0) is 65.5. The number of hydrogen-bond donors (Lipinski definition) is 4. The Balaban J connectivity index is 1.01. The number of carbonyl (C=O) groups excluding carboxylic acids is 2. The first-order valence-corrected chi connectivity index (χ1v) is 32.5. The van der Waals surface area contributed by atoms with Crippen molar-refractivity contribution in [3.8, 4) is 44.5 Å². The molecule has 8 bridgehead atoms. The zero-order valence-corrected chi connectivity index (χ0v) is 56.0. The molecule has 2 aliphatic heterocycles. The van der Waals surface area contributed by atoms with E-state index in [1.165, 1.54) is 11.1 Å². The Morgan fingerprint density at radius 3 is 0.946 bits per heavy atom. The third kappa shape index (κ3) is 12.3. The predicted octanol–water partition coefficient (Wildman–Crippen LogP) is 21.4. The van der Waals surface area contributed by atoms with Gasteiger partial charge in [0, 0.05) is 66.8 Å². The van der Waals surface area contributed by atoms with Gasteiger partial charge in [0.15, 0.2) is 0 Å². The van der Waals surface area contributed by atoms with Crippen LogP contribution in [0.25, 0.3) is 90.9 Å². The summed E-state index contributed by atoms with van der Waals surface area (Å²) in [5.74, 6) is -0.621. The predicted molar refractivity (Wildman–Crippen MR) is 387 cm³/mol. The molecule has 0 aliphatic carbocycles. The molecule has 0 fully saturated rings. The van der Waals surface area contributed by atoms with Gasteiger partial charge in [-0.1, -0.05) is 209 Å². The van der Waals surface area contributed by atoms with Gasteiger partial charge in [0.1, 0.15) is 0 Å². The Hall–Kier alpha value is -10.2. The van der Waals surface area contributed by atoms with E-state index in [1.54, 1.807) is 0 Å². The summed E-state index contributed by atoms with van der Waals surface area (Å²) in [6.45, 7) is 30.5.